The van der Waals surface area contributed by atoms with Crippen molar-refractivity contribution in [3.05, 3.63) is 48.0 Å². The van der Waals surface area contributed by atoms with Crippen molar-refractivity contribution in [3.63, 3.8) is 0 Å². The van der Waals surface area contributed by atoms with Crippen LogP contribution in [0, 0.1) is 5.92 Å². The number of imidazole rings is 1. The molecular formula is C20H20N2O4. The molecule has 6 nitrogen and oxygen atoms in total. The first-order valence-electron chi connectivity index (χ1n) is 8.27. The first kappa shape index (κ1) is 17.7. The highest BCUT2D eigenvalue weighted by atomic mass is 16.5. The molecule has 0 aliphatic rings. The van der Waals surface area contributed by atoms with Gasteiger partial charge in [-0.2, -0.15) is 0 Å². The summed E-state index contributed by atoms with van der Waals surface area (Å²) in [6.45, 7) is 1.72. The van der Waals surface area contributed by atoms with Crippen molar-refractivity contribution in [1.82, 2.24) is 9.97 Å². The Kier molecular flexibility index (Phi) is 5.02. The van der Waals surface area contributed by atoms with E-state index in [1.807, 2.05) is 24.3 Å². The summed E-state index contributed by atoms with van der Waals surface area (Å²) in [6.07, 6.45) is 0.0629. The Morgan fingerprint density at radius 1 is 1.12 bits per heavy atom. The molecule has 0 amide bonds. The smallest absolute Gasteiger partial charge is 0.306 e. The van der Waals surface area contributed by atoms with Gasteiger partial charge in [-0.05, 0) is 42.5 Å². The SMILES string of the molecule is COC(=O)CC(C)C(=O)c1ccc2nc(-c3ccc(OC)cc3)[nH]c2c1. The first-order valence-corrected chi connectivity index (χ1v) is 8.27. The summed E-state index contributed by atoms with van der Waals surface area (Å²) in [6, 6.07) is 12.9. The van der Waals surface area contributed by atoms with Gasteiger partial charge in [0.2, 0.25) is 0 Å². The molecule has 1 aromatic heterocycles. The standard InChI is InChI=1S/C20H20N2O4/c1-12(10-18(23)26-3)19(24)14-6-9-16-17(11-14)22-20(21-16)13-4-7-15(25-2)8-5-13/h4-9,11-12H,10H2,1-3H3,(H,21,22). The zero-order chi connectivity index (χ0) is 18.7. The molecule has 1 atom stereocenters. The van der Waals surface area contributed by atoms with Crippen LogP contribution < -0.4 is 4.74 Å². The average Bonchev–Trinajstić information content (AvgIpc) is 3.10. The van der Waals surface area contributed by atoms with Gasteiger partial charge < -0.3 is 14.5 Å². The Bertz CT molecular complexity index is 944. The second kappa shape index (κ2) is 7.39. The second-order valence-corrected chi connectivity index (χ2v) is 6.09. The van der Waals surface area contributed by atoms with E-state index in [4.69, 9.17) is 4.74 Å². The fourth-order valence-corrected chi connectivity index (χ4v) is 2.76. The summed E-state index contributed by atoms with van der Waals surface area (Å²) in [5.74, 6) is 0.559. The third-order valence-electron chi connectivity index (χ3n) is 4.28. The predicted molar refractivity (Wildman–Crippen MR) is 98.2 cm³/mol. The zero-order valence-corrected chi connectivity index (χ0v) is 14.9. The third kappa shape index (κ3) is 3.59. The van der Waals surface area contributed by atoms with Crippen LogP contribution in [0.5, 0.6) is 5.75 Å². The quantitative estimate of drug-likeness (QED) is 0.541. The minimum Gasteiger partial charge on any atom is -0.497 e. The Morgan fingerprint density at radius 3 is 2.50 bits per heavy atom. The van der Waals surface area contributed by atoms with Crippen LogP contribution in [0.15, 0.2) is 42.5 Å². The van der Waals surface area contributed by atoms with Crippen molar-refractivity contribution >= 4 is 22.8 Å². The molecule has 1 unspecified atom stereocenters. The number of hydrogen-bond donors (Lipinski definition) is 1. The van der Waals surface area contributed by atoms with Gasteiger partial charge in [-0.25, -0.2) is 4.98 Å². The number of carbonyl (C=O) groups is 2. The second-order valence-electron chi connectivity index (χ2n) is 6.09. The largest absolute Gasteiger partial charge is 0.497 e. The number of rotatable bonds is 6. The number of H-pyrrole nitrogens is 1. The number of ketones is 1. The normalized spacial score (nSPS) is 12.0. The molecule has 0 spiro atoms. The number of aromatic amines is 1. The number of nitrogens with zero attached hydrogens (tertiary/aromatic N) is 1. The Labute approximate surface area is 151 Å². The molecule has 0 aliphatic heterocycles. The van der Waals surface area contributed by atoms with Crippen LogP contribution in [0.25, 0.3) is 22.4 Å². The Morgan fingerprint density at radius 2 is 1.85 bits per heavy atom. The Hall–Kier alpha value is -3.15. The van der Waals surface area contributed by atoms with E-state index in [0.29, 0.717) is 5.56 Å². The lowest BCUT2D eigenvalue weighted by Gasteiger charge is -2.08. The minimum atomic E-state index is -0.441. The number of fused-ring (bicyclic) bond motifs is 1. The molecule has 2 aromatic carbocycles. The molecule has 0 saturated heterocycles. The molecule has 134 valence electrons. The average molecular weight is 352 g/mol. The van der Waals surface area contributed by atoms with Gasteiger partial charge in [0.15, 0.2) is 5.78 Å². The molecule has 6 heteroatoms. The number of nitrogens with one attached hydrogen (secondary N) is 1. The summed E-state index contributed by atoms with van der Waals surface area (Å²) in [4.78, 5) is 31.7. The molecule has 0 saturated carbocycles. The topological polar surface area (TPSA) is 81.3 Å². The maximum Gasteiger partial charge on any atom is 0.306 e. The van der Waals surface area contributed by atoms with Crippen LogP contribution in [0.2, 0.25) is 0 Å². The van der Waals surface area contributed by atoms with Crippen LogP contribution in [0.1, 0.15) is 23.7 Å². The molecule has 26 heavy (non-hydrogen) atoms. The maximum atomic E-state index is 12.5. The molecule has 1 heterocycles. The van der Waals surface area contributed by atoms with Gasteiger partial charge in [-0.15, -0.1) is 0 Å². The number of ether oxygens (including phenoxy) is 2. The lowest BCUT2D eigenvalue weighted by atomic mass is 9.96. The molecule has 3 aromatic rings. The number of esters is 1. The van der Waals surface area contributed by atoms with Crippen LogP contribution in [0.4, 0.5) is 0 Å². The van der Waals surface area contributed by atoms with Crippen molar-refractivity contribution in [2.45, 2.75) is 13.3 Å². The number of Topliss-reactive ketones (excluding diaryl/α,β-unsaturated/α-hetero) is 1. The lowest BCUT2D eigenvalue weighted by molar-refractivity contribution is -0.141. The van der Waals surface area contributed by atoms with Crippen molar-refractivity contribution < 1.29 is 19.1 Å². The van der Waals surface area contributed by atoms with Crippen molar-refractivity contribution in [2.75, 3.05) is 14.2 Å². The van der Waals surface area contributed by atoms with Gasteiger partial charge >= 0.3 is 5.97 Å². The van der Waals surface area contributed by atoms with E-state index in [1.54, 1.807) is 32.2 Å². The van der Waals surface area contributed by atoms with Crippen molar-refractivity contribution in [1.29, 1.82) is 0 Å². The lowest BCUT2D eigenvalue weighted by Crippen LogP contribution is -2.16. The summed E-state index contributed by atoms with van der Waals surface area (Å²) >= 11 is 0. The summed E-state index contributed by atoms with van der Waals surface area (Å²) < 4.78 is 9.79. The van der Waals surface area contributed by atoms with Gasteiger partial charge in [-0.3, -0.25) is 9.59 Å². The Balaban J connectivity index is 1.87. The van der Waals surface area contributed by atoms with Gasteiger partial charge in [0, 0.05) is 17.0 Å². The fraction of sp³-hybridized carbons (Fsp3) is 0.250. The number of carbonyl (C=O) groups excluding carboxylic acids is 2. The molecule has 0 radical (unpaired) electrons. The number of hydrogen-bond acceptors (Lipinski definition) is 5. The highest BCUT2D eigenvalue weighted by Gasteiger charge is 2.19. The fourth-order valence-electron chi connectivity index (χ4n) is 2.76. The molecule has 1 N–H and O–H groups in total. The molecule has 0 aliphatic carbocycles. The predicted octanol–water partition coefficient (Wildman–Crippen LogP) is 3.62. The monoisotopic (exact) mass is 352 g/mol. The summed E-state index contributed by atoms with van der Waals surface area (Å²) in [5, 5.41) is 0. The first-order chi connectivity index (χ1) is 12.5. The van der Waals surface area contributed by atoms with Crippen LogP contribution >= 0.6 is 0 Å². The zero-order valence-electron chi connectivity index (χ0n) is 14.9. The van der Waals surface area contributed by atoms with E-state index in [-0.39, 0.29) is 12.2 Å². The van der Waals surface area contributed by atoms with E-state index in [0.717, 1.165) is 28.2 Å². The molecule has 0 bridgehead atoms. The van der Waals surface area contributed by atoms with E-state index in [1.165, 1.54) is 7.11 Å². The van der Waals surface area contributed by atoms with E-state index >= 15 is 0 Å². The summed E-state index contributed by atoms with van der Waals surface area (Å²) in [7, 11) is 2.94. The maximum absolute atomic E-state index is 12.5. The van der Waals surface area contributed by atoms with Gasteiger partial charge in [0.1, 0.15) is 11.6 Å². The minimum absolute atomic E-state index is 0.0629. The number of benzene rings is 2. The number of aromatic nitrogens is 2. The van der Waals surface area contributed by atoms with Gasteiger partial charge in [0.25, 0.3) is 0 Å². The van der Waals surface area contributed by atoms with Crippen LogP contribution in [-0.2, 0) is 9.53 Å². The molecular weight excluding hydrogens is 332 g/mol. The van der Waals surface area contributed by atoms with Crippen molar-refractivity contribution in [3.8, 4) is 17.1 Å². The molecule has 3 rings (SSSR count). The van der Waals surface area contributed by atoms with E-state index in [9.17, 15) is 9.59 Å². The van der Waals surface area contributed by atoms with Gasteiger partial charge in [-0.1, -0.05) is 6.92 Å². The third-order valence-corrected chi connectivity index (χ3v) is 4.28. The highest BCUT2D eigenvalue weighted by Crippen LogP contribution is 2.24. The number of methoxy groups -OCH3 is 2. The van der Waals surface area contributed by atoms with Crippen LogP contribution in [-0.4, -0.2) is 35.9 Å². The van der Waals surface area contributed by atoms with Crippen LogP contribution in [0.3, 0.4) is 0 Å². The van der Waals surface area contributed by atoms with Crippen molar-refractivity contribution in [2.24, 2.45) is 5.92 Å². The highest BCUT2D eigenvalue weighted by molar-refractivity contribution is 6.01. The van der Waals surface area contributed by atoms with E-state index < -0.39 is 11.9 Å². The van der Waals surface area contributed by atoms with E-state index in [2.05, 4.69) is 14.7 Å². The molecule has 0 fully saturated rings. The summed E-state index contributed by atoms with van der Waals surface area (Å²) in [5.41, 5.74) is 3.01. The van der Waals surface area contributed by atoms with Gasteiger partial charge in [0.05, 0.1) is 31.7 Å².